The maximum atomic E-state index is 7.10. The highest BCUT2D eigenvalue weighted by molar-refractivity contribution is 7.80. The number of unbranched alkanes of at least 4 members (excludes halogenated alkanes) is 12. The van der Waals surface area contributed by atoms with Crippen LogP contribution in [0.15, 0.2) is 20.4 Å². The quantitative estimate of drug-likeness (QED) is 0.0123. The number of hydrazone groups is 4. The van der Waals surface area contributed by atoms with Crippen molar-refractivity contribution in [3.8, 4) is 0 Å². The van der Waals surface area contributed by atoms with Crippen molar-refractivity contribution in [2.24, 2.45) is 67.0 Å². The van der Waals surface area contributed by atoms with E-state index in [1.807, 2.05) is 0 Å². The lowest BCUT2D eigenvalue weighted by Gasteiger charge is -2.11. The first-order chi connectivity index (χ1) is 32.4. The van der Waals surface area contributed by atoms with Crippen LogP contribution in [-0.2, 0) is 4.74 Å². The highest BCUT2D eigenvalue weighted by Crippen LogP contribution is 2.30. The number of thiocarbonyl (C=S) groups is 3. The summed E-state index contributed by atoms with van der Waals surface area (Å²) in [7, 11) is 0. The molecular weight excluding hydrogens is 895 g/mol. The molecule has 0 aromatic heterocycles. The zero-order valence-corrected chi connectivity index (χ0v) is 45.0. The third kappa shape index (κ3) is 33.2. The molecule has 17 heteroatoms. The minimum atomic E-state index is -0.0638. The Morgan fingerprint density at radius 1 is 0.448 bits per heavy atom. The Hall–Kier alpha value is -3.02. The normalized spacial score (nSPS) is 22.1. The first kappa shape index (κ1) is 62.0. The maximum absolute atomic E-state index is 7.10. The molecule has 386 valence electrons. The van der Waals surface area contributed by atoms with Gasteiger partial charge in [-0.25, -0.2) is 5.43 Å². The molecule has 67 heavy (non-hydrogen) atoms. The average Bonchev–Trinajstić information content (AvgIpc) is 4.14. The second kappa shape index (κ2) is 41.9. The van der Waals surface area contributed by atoms with Crippen LogP contribution in [0, 0.1) is 29.1 Å². The molecule has 4 saturated carbocycles. The SMILES string of the molecule is CCCCCCC1CCC/C1=N\NC(N)=S.CCCCCCCC1CCC/C1=N\NC(=N)N.CCCCCCCC1CCC/C1=N\NC(N)=S.CCCCOCCC1CCC/C1=N\NC(N)=S. The Morgan fingerprint density at radius 2 is 0.746 bits per heavy atom. The van der Waals surface area contributed by atoms with Gasteiger partial charge in [0.05, 0.1) is 0 Å². The summed E-state index contributed by atoms with van der Waals surface area (Å²) in [6.07, 6.45) is 40.3. The van der Waals surface area contributed by atoms with Crippen LogP contribution in [0.2, 0.25) is 0 Å². The number of nitrogens with zero attached hydrogens (tertiary/aromatic N) is 4. The molecule has 4 fully saturated rings. The lowest BCUT2D eigenvalue weighted by atomic mass is 9.98. The van der Waals surface area contributed by atoms with Crippen LogP contribution >= 0.6 is 36.7 Å². The molecule has 4 rings (SSSR count). The van der Waals surface area contributed by atoms with Crippen LogP contribution in [0.5, 0.6) is 0 Å². The van der Waals surface area contributed by atoms with Crippen LogP contribution < -0.4 is 44.6 Å². The van der Waals surface area contributed by atoms with E-state index in [4.69, 9.17) is 69.7 Å². The fourth-order valence-corrected chi connectivity index (χ4v) is 9.46. The minimum absolute atomic E-state index is 0.0638. The molecule has 0 spiro atoms. The summed E-state index contributed by atoms with van der Waals surface area (Å²) in [5.41, 5.74) is 37.0. The molecule has 13 N–H and O–H groups in total. The van der Waals surface area contributed by atoms with Gasteiger partial charge in [-0.2, -0.15) is 20.4 Å². The summed E-state index contributed by atoms with van der Waals surface area (Å²) in [6, 6.07) is 0. The fourth-order valence-electron chi connectivity index (χ4n) is 9.33. The van der Waals surface area contributed by atoms with Crippen molar-refractivity contribution < 1.29 is 4.74 Å². The fraction of sp³-hybridized carbons (Fsp3) is 0.840. The summed E-state index contributed by atoms with van der Waals surface area (Å²) >= 11 is 14.3. The Morgan fingerprint density at radius 3 is 1.06 bits per heavy atom. The van der Waals surface area contributed by atoms with Gasteiger partial charge in [-0.05, 0) is 164 Å². The van der Waals surface area contributed by atoms with Gasteiger partial charge >= 0.3 is 0 Å². The van der Waals surface area contributed by atoms with Gasteiger partial charge in [0.1, 0.15) is 0 Å². The molecule has 0 heterocycles. The molecule has 0 saturated heterocycles. The number of rotatable bonds is 27. The van der Waals surface area contributed by atoms with Crippen molar-refractivity contribution in [2.45, 2.75) is 233 Å². The van der Waals surface area contributed by atoms with Gasteiger partial charge < -0.3 is 27.7 Å². The molecule has 4 unspecified atom stereocenters. The van der Waals surface area contributed by atoms with E-state index in [1.165, 1.54) is 190 Å². The summed E-state index contributed by atoms with van der Waals surface area (Å²) in [4.78, 5) is 0. The first-order valence-electron chi connectivity index (χ1n) is 26.5. The number of nitrogens with one attached hydrogen (secondary N) is 5. The topological polar surface area (TPSA) is 235 Å². The van der Waals surface area contributed by atoms with E-state index in [-0.39, 0.29) is 21.3 Å². The highest BCUT2D eigenvalue weighted by Gasteiger charge is 2.25. The second-order valence-electron chi connectivity index (χ2n) is 18.7. The van der Waals surface area contributed by atoms with Crippen LogP contribution in [0.25, 0.3) is 0 Å². The van der Waals surface area contributed by atoms with Crippen molar-refractivity contribution in [1.29, 1.82) is 5.41 Å². The van der Waals surface area contributed by atoms with Crippen molar-refractivity contribution in [3.63, 3.8) is 0 Å². The Kier molecular flexibility index (Phi) is 38.8. The van der Waals surface area contributed by atoms with Gasteiger partial charge in [0, 0.05) is 42.0 Å². The summed E-state index contributed by atoms with van der Waals surface area (Å²) in [6.45, 7) is 10.6. The smallest absolute Gasteiger partial charge is 0.206 e. The molecule has 4 aliphatic rings. The summed E-state index contributed by atoms with van der Waals surface area (Å²) < 4.78 is 5.58. The molecule has 0 aromatic rings. The molecule has 0 aliphatic heterocycles. The minimum Gasteiger partial charge on any atom is -0.381 e. The molecule has 4 aliphatic carbocycles. The van der Waals surface area contributed by atoms with E-state index < -0.39 is 0 Å². The van der Waals surface area contributed by atoms with Crippen molar-refractivity contribution in [3.05, 3.63) is 0 Å². The first-order valence-corrected chi connectivity index (χ1v) is 27.8. The van der Waals surface area contributed by atoms with Gasteiger partial charge in [-0.3, -0.25) is 21.7 Å². The molecule has 0 bridgehead atoms. The summed E-state index contributed by atoms with van der Waals surface area (Å²) in [5, 5.41) is 25.0. The Bertz CT molecular complexity index is 1350. The lowest BCUT2D eigenvalue weighted by Crippen LogP contribution is -2.27. The summed E-state index contributed by atoms with van der Waals surface area (Å²) in [5.74, 6) is 2.44. The van der Waals surface area contributed by atoms with Crippen LogP contribution in [-0.4, -0.2) is 57.4 Å². The van der Waals surface area contributed by atoms with E-state index in [2.05, 4.69) is 69.8 Å². The van der Waals surface area contributed by atoms with Gasteiger partial charge in [-0.1, -0.05) is 124 Å². The predicted molar refractivity (Wildman–Crippen MR) is 300 cm³/mol. The van der Waals surface area contributed by atoms with E-state index in [1.54, 1.807) is 0 Å². The zero-order valence-electron chi connectivity index (χ0n) is 42.6. The van der Waals surface area contributed by atoms with Crippen molar-refractivity contribution in [1.82, 2.24) is 21.7 Å². The van der Waals surface area contributed by atoms with E-state index in [9.17, 15) is 0 Å². The van der Waals surface area contributed by atoms with Gasteiger partial charge in [0.2, 0.25) is 5.96 Å². The Balaban J connectivity index is 0.000000447. The molecular formula is C50H97N13OS3. The largest absolute Gasteiger partial charge is 0.381 e. The highest BCUT2D eigenvalue weighted by atomic mass is 32.1. The standard InChI is InChI=1S/C13H26N4.C13H25N3S.C12H23N3OS.C12H23N3S/c1-2-3-4-5-6-8-11-9-7-10-12(11)16-17-13(14)15;1-2-3-4-5-6-8-11-9-7-10-12(11)15-16-13(14)17;1-2-3-8-16-9-7-10-5-4-6-11(10)14-15-12(13)17;1-2-3-4-5-7-10-8-6-9-11(10)14-15-12(13)16/h11H,2-10H2,1H3,(H4,14,15,17);11H,2-10H2,1H3,(H3,14,16,17);10H,2-9H2,1H3,(H3,13,15,17);10H,2-9H2,1H3,(H3,13,15,16)/b16-12+;15-12+;2*14-11+. The van der Waals surface area contributed by atoms with Crippen molar-refractivity contribution in [2.75, 3.05) is 13.2 Å². The monoisotopic (exact) mass is 992 g/mol. The van der Waals surface area contributed by atoms with Crippen molar-refractivity contribution >= 4 is 80.8 Å². The van der Waals surface area contributed by atoms with Gasteiger partial charge in [0.15, 0.2) is 15.3 Å². The predicted octanol–water partition coefficient (Wildman–Crippen LogP) is 11.5. The van der Waals surface area contributed by atoms with Gasteiger partial charge in [0.25, 0.3) is 0 Å². The molecule has 0 aromatic carbocycles. The van der Waals surface area contributed by atoms with E-state index in [0.717, 1.165) is 51.7 Å². The molecule has 4 atom stereocenters. The van der Waals surface area contributed by atoms with Crippen LogP contribution in [0.1, 0.15) is 233 Å². The second-order valence-corrected chi connectivity index (χ2v) is 20.1. The zero-order chi connectivity index (χ0) is 49.3. The molecule has 14 nitrogen and oxygen atoms in total. The number of nitrogens with two attached hydrogens (primary N) is 4. The third-order valence-electron chi connectivity index (χ3n) is 13.0. The number of ether oxygens (including phenoxy) is 1. The third-order valence-corrected chi connectivity index (χ3v) is 13.3. The van der Waals surface area contributed by atoms with Crippen LogP contribution in [0.4, 0.5) is 0 Å². The molecule has 0 amide bonds. The van der Waals surface area contributed by atoms with Gasteiger partial charge in [-0.15, -0.1) is 0 Å². The average molecular weight is 993 g/mol. The Labute approximate surface area is 424 Å². The number of hydrogen-bond acceptors (Lipinski definition) is 9. The van der Waals surface area contributed by atoms with E-state index in [0.29, 0.717) is 23.7 Å². The maximum Gasteiger partial charge on any atom is 0.206 e. The van der Waals surface area contributed by atoms with E-state index >= 15 is 0 Å². The number of guanidine groups is 1. The lowest BCUT2D eigenvalue weighted by molar-refractivity contribution is 0.123. The molecule has 0 radical (unpaired) electrons. The van der Waals surface area contributed by atoms with Crippen LogP contribution in [0.3, 0.4) is 0 Å². The number of hydrogen-bond donors (Lipinski definition) is 9.